The van der Waals surface area contributed by atoms with Gasteiger partial charge in [-0.2, -0.15) is 0 Å². The number of rotatable bonds is 4. The van der Waals surface area contributed by atoms with Crippen molar-refractivity contribution >= 4 is 21.6 Å². The summed E-state index contributed by atoms with van der Waals surface area (Å²) in [5, 5.41) is 0. The minimum atomic E-state index is 0.440. The Morgan fingerprint density at radius 2 is 1.95 bits per heavy atom. The topological polar surface area (TPSA) is 35.2 Å². The fourth-order valence-corrected chi connectivity index (χ4v) is 2.49. The van der Waals surface area contributed by atoms with E-state index in [9.17, 15) is 0 Å². The Labute approximate surface area is 129 Å². The zero-order chi connectivity index (χ0) is 14.7. The van der Waals surface area contributed by atoms with E-state index in [0.717, 1.165) is 21.5 Å². The van der Waals surface area contributed by atoms with E-state index in [4.69, 9.17) is 10.5 Å². The Bertz CT molecular complexity index is 608. The largest absolute Gasteiger partial charge is 0.489 e. The van der Waals surface area contributed by atoms with Crippen LogP contribution in [0.4, 0.5) is 5.69 Å². The van der Waals surface area contributed by atoms with Gasteiger partial charge in [0.1, 0.15) is 12.4 Å². The number of anilines is 1. The van der Waals surface area contributed by atoms with Crippen molar-refractivity contribution in [2.45, 2.75) is 33.3 Å². The van der Waals surface area contributed by atoms with Crippen molar-refractivity contribution in [3.8, 4) is 5.75 Å². The predicted octanol–water partition coefficient (Wildman–Crippen LogP) is 5.04. The zero-order valence-electron chi connectivity index (χ0n) is 12.1. The highest BCUT2D eigenvalue weighted by Gasteiger charge is 2.10. The van der Waals surface area contributed by atoms with E-state index in [1.807, 2.05) is 18.2 Å². The maximum absolute atomic E-state index is 6.02. The predicted molar refractivity (Wildman–Crippen MR) is 88.2 cm³/mol. The molecule has 106 valence electrons. The summed E-state index contributed by atoms with van der Waals surface area (Å²) in [6, 6.07) is 12.2. The molecule has 2 nitrogen and oxygen atoms in total. The van der Waals surface area contributed by atoms with Gasteiger partial charge < -0.3 is 10.5 Å². The van der Waals surface area contributed by atoms with Crippen molar-refractivity contribution in [3.63, 3.8) is 0 Å². The van der Waals surface area contributed by atoms with Gasteiger partial charge in [0.25, 0.3) is 0 Å². The van der Waals surface area contributed by atoms with Gasteiger partial charge in [-0.3, -0.25) is 0 Å². The van der Waals surface area contributed by atoms with Gasteiger partial charge in [-0.15, -0.1) is 0 Å². The third kappa shape index (κ3) is 3.34. The van der Waals surface area contributed by atoms with Gasteiger partial charge in [-0.25, -0.2) is 0 Å². The molecule has 20 heavy (non-hydrogen) atoms. The van der Waals surface area contributed by atoms with E-state index >= 15 is 0 Å². The first-order valence-corrected chi connectivity index (χ1v) is 7.54. The second kappa shape index (κ2) is 6.31. The first-order chi connectivity index (χ1) is 9.49. The van der Waals surface area contributed by atoms with Crippen LogP contribution in [0.25, 0.3) is 0 Å². The van der Waals surface area contributed by atoms with Crippen LogP contribution in [0.2, 0.25) is 0 Å². The number of benzene rings is 2. The third-order valence-corrected chi connectivity index (χ3v) is 4.25. The van der Waals surface area contributed by atoms with E-state index in [1.165, 1.54) is 11.1 Å². The maximum Gasteiger partial charge on any atom is 0.123 e. The first kappa shape index (κ1) is 14.9. The van der Waals surface area contributed by atoms with Gasteiger partial charge in [0.15, 0.2) is 0 Å². The molecule has 2 aromatic carbocycles. The molecule has 0 aromatic heterocycles. The van der Waals surface area contributed by atoms with Crippen molar-refractivity contribution in [3.05, 3.63) is 57.6 Å². The number of ether oxygens (including phenoxy) is 1. The van der Waals surface area contributed by atoms with Gasteiger partial charge in [0, 0.05) is 15.7 Å². The summed E-state index contributed by atoms with van der Waals surface area (Å²) in [7, 11) is 0. The average molecular weight is 334 g/mol. The summed E-state index contributed by atoms with van der Waals surface area (Å²) in [5.41, 5.74) is 10.1. The van der Waals surface area contributed by atoms with E-state index in [0.29, 0.717) is 12.5 Å². The maximum atomic E-state index is 6.02. The van der Waals surface area contributed by atoms with Gasteiger partial charge in [0.2, 0.25) is 0 Å². The summed E-state index contributed by atoms with van der Waals surface area (Å²) in [5.74, 6) is 1.39. The minimum absolute atomic E-state index is 0.440. The number of nitrogens with two attached hydrogens (primary N) is 1. The highest BCUT2D eigenvalue weighted by Crippen LogP contribution is 2.30. The normalized spacial score (nSPS) is 10.8. The lowest BCUT2D eigenvalue weighted by Gasteiger charge is -2.15. The molecule has 0 spiro atoms. The van der Waals surface area contributed by atoms with Crippen molar-refractivity contribution in [1.29, 1.82) is 0 Å². The molecule has 0 aliphatic heterocycles. The van der Waals surface area contributed by atoms with Crippen molar-refractivity contribution in [2.75, 3.05) is 5.73 Å². The molecule has 0 saturated carbocycles. The highest BCUT2D eigenvalue weighted by molar-refractivity contribution is 9.10. The second-order valence-electron chi connectivity index (χ2n) is 5.31. The molecule has 2 rings (SSSR count). The molecule has 0 heterocycles. The van der Waals surface area contributed by atoms with E-state index in [2.05, 4.69) is 54.9 Å². The Morgan fingerprint density at radius 3 is 2.65 bits per heavy atom. The highest BCUT2D eigenvalue weighted by atomic mass is 79.9. The lowest BCUT2D eigenvalue weighted by atomic mass is 10.0. The smallest absolute Gasteiger partial charge is 0.123 e. The van der Waals surface area contributed by atoms with E-state index < -0.39 is 0 Å². The lowest BCUT2D eigenvalue weighted by molar-refractivity contribution is 0.301. The van der Waals surface area contributed by atoms with Gasteiger partial charge >= 0.3 is 0 Å². The monoisotopic (exact) mass is 333 g/mol. The summed E-state index contributed by atoms with van der Waals surface area (Å²) >= 11 is 3.51. The Balaban J connectivity index is 2.22. The Hall–Kier alpha value is -1.48. The number of nitrogen functional groups attached to an aromatic ring is 1. The Kier molecular flexibility index (Phi) is 4.71. The second-order valence-corrected chi connectivity index (χ2v) is 6.10. The third-order valence-electron chi connectivity index (χ3n) is 3.28. The van der Waals surface area contributed by atoms with Crippen LogP contribution in [0.3, 0.4) is 0 Å². The minimum Gasteiger partial charge on any atom is -0.489 e. The van der Waals surface area contributed by atoms with Gasteiger partial charge in [0.05, 0.1) is 0 Å². The van der Waals surface area contributed by atoms with Gasteiger partial charge in [-0.1, -0.05) is 38.1 Å². The van der Waals surface area contributed by atoms with Crippen molar-refractivity contribution in [2.24, 2.45) is 0 Å². The molecule has 2 aromatic rings. The van der Waals surface area contributed by atoms with Crippen molar-refractivity contribution < 1.29 is 4.74 Å². The van der Waals surface area contributed by atoms with Crippen LogP contribution in [-0.2, 0) is 6.61 Å². The number of halogens is 1. The van der Waals surface area contributed by atoms with Crippen LogP contribution >= 0.6 is 15.9 Å². The van der Waals surface area contributed by atoms with Crippen LogP contribution in [-0.4, -0.2) is 0 Å². The van der Waals surface area contributed by atoms with E-state index in [-0.39, 0.29) is 0 Å². The molecule has 0 aliphatic rings. The van der Waals surface area contributed by atoms with Crippen molar-refractivity contribution in [1.82, 2.24) is 0 Å². The fourth-order valence-electron chi connectivity index (χ4n) is 2.11. The van der Waals surface area contributed by atoms with Crippen LogP contribution in [0.5, 0.6) is 5.75 Å². The number of aryl methyl sites for hydroxylation is 1. The zero-order valence-corrected chi connectivity index (χ0v) is 13.7. The van der Waals surface area contributed by atoms with E-state index in [1.54, 1.807) is 0 Å². The number of hydrogen-bond acceptors (Lipinski definition) is 2. The summed E-state index contributed by atoms with van der Waals surface area (Å²) < 4.78 is 6.93. The summed E-state index contributed by atoms with van der Waals surface area (Å²) in [6.45, 7) is 6.93. The van der Waals surface area contributed by atoms with Crippen LogP contribution in [0.1, 0.15) is 36.5 Å². The molecule has 0 fully saturated rings. The standard InChI is InChI=1S/C17H20BrNO/c1-11(2)14-8-7-12(3)9-16(14)20-10-13-5-4-6-15(19)17(13)18/h4-9,11H,10,19H2,1-3H3. The molecule has 0 unspecified atom stereocenters. The lowest BCUT2D eigenvalue weighted by Crippen LogP contribution is -2.02. The molecule has 2 N–H and O–H groups in total. The molecule has 0 radical (unpaired) electrons. The van der Waals surface area contributed by atoms with Crippen LogP contribution in [0.15, 0.2) is 40.9 Å². The van der Waals surface area contributed by atoms with Crippen LogP contribution in [0, 0.1) is 6.92 Å². The Morgan fingerprint density at radius 1 is 1.20 bits per heavy atom. The quantitative estimate of drug-likeness (QED) is 0.795. The first-order valence-electron chi connectivity index (χ1n) is 6.75. The average Bonchev–Trinajstić information content (AvgIpc) is 2.40. The summed E-state index contributed by atoms with van der Waals surface area (Å²) in [4.78, 5) is 0. The summed E-state index contributed by atoms with van der Waals surface area (Å²) in [6.07, 6.45) is 0. The molecule has 0 bridgehead atoms. The molecule has 0 aliphatic carbocycles. The molecular formula is C17H20BrNO. The molecular weight excluding hydrogens is 314 g/mol. The van der Waals surface area contributed by atoms with Gasteiger partial charge in [-0.05, 0) is 52.0 Å². The SMILES string of the molecule is Cc1ccc(C(C)C)c(OCc2cccc(N)c2Br)c1. The fraction of sp³-hybridized carbons (Fsp3) is 0.294. The molecule has 0 atom stereocenters. The molecule has 0 saturated heterocycles. The molecule has 3 heteroatoms. The molecule has 0 amide bonds. The van der Waals surface area contributed by atoms with Crippen LogP contribution < -0.4 is 10.5 Å². The number of hydrogen-bond donors (Lipinski definition) is 1.